The molecule has 5 aromatic rings. The normalized spacial score (nSPS) is 14.0. The molecule has 0 aliphatic carbocycles. The van der Waals surface area contributed by atoms with E-state index in [1.54, 1.807) is 33.0 Å². The van der Waals surface area contributed by atoms with Gasteiger partial charge in [-0.3, -0.25) is 24.4 Å². The highest BCUT2D eigenvalue weighted by Crippen LogP contribution is 2.36. The molecule has 3 aromatic heterocycles. The van der Waals surface area contributed by atoms with Gasteiger partial charge in [-0.1, -0.05) is 54.1 Å². The van der Waals surface area contributed by atoms with Crippen molar-refractivity contribution in [2.45, 2.75) is 98.5 Å². The van der Waals surface area contributed by atoms with Crippen molar-refractivity contribution in [3.8, 4) is 0 Å². The number of halogens is 4. The first-order chi connectivity index (χ1) is 27.9. The number of fused-ring (bicyclic) bond motifs is 1. The Labute approximate surface area is 382 Å². The maximum Gasteiger partial charge on any atom is 0.494 e. The van der Waals surface area contributed by atoms with Crippen LogP contribution in [0.5, 0.6) is 0 Å². The van der Waals surface area contributed by atoms with Gasteiger partial charge < -0.3 is 28.9 Å². The Hall–Kier alpha value is -4.15. The van der Waals surface area contributed by atoms with Crippen LogP contribution in [0.4, 0.5) is 0 Å². The molecular formula is C44H52BBrCl3N3O9. The van der Waals surface area contributed by atoms with Crippen LogP contribution in [0, 0.1) is 13.8 Å². The van der Waals surface area contributed by atoms with E-state index in [-0.39, 0.29) is 47.0 Å². The molecule has 1 saturated heterocycles. The summed E-state index contributed by atoms with van der Waals surface area (Å²) in [5.74, 6) is -0.961. The van der Waals surface area contributed by atoms with Crippen molar-refractivity contribution in [3.05, 3.63) is 122 Å². The highest BCUT2D eigenvalue weighted by atomic mass is 79.9. The van der Waals surface area contributed by atoms with Crippen molar-refractivity contribution in [1.29, 1.82) is 0 Å². The SMILES string of the molecule is CC(C)(C)OC(=O)c1ccc(C=O)o1.COC(=O)C(C)c1cccc(B2OC(C)(C)C(C)(C)O2)c1.Cc1nc2ccccc2c(C(=O)Cl)c1C.Cl.NCc1ncc(Br)cc1Cl. The van der Waals surface area contributed by atoms with Gasteiger partial charge in [0.2, 0.25) is 5.76 Å². The molecule has 2 N–H and O–H groups in total. The lowest BCUT2D eigenvalue weighted by atomic mass is 9.77. The van der Waals surface area contributed by atoms with Crippen LogP contribution in [0.1, 0.15) is 115 Å². The van der Waals surface area contributed by atoms with Crippen LogP contribution in [0.3, 0.4) is 0 Å². The molecule has 1 fully saturated rings. The highest BCUT2D eigenvalue weighted by Gasteiger charge is 2.51. The van der Waals surface area contributed by atoms with Crippen molar-refractivity contribution in [2.75, 3.05) is 7.11 Å². The first-order valence-corrected chi connectivity index (χ1v) is 20.4. The lowest BCUT2D eigenvalue weighted by Crippen LogP contribution is -2.41. The molecule has 2 aromatic carbocycles. The Bertz CT molecular complexity index is 2300. The molecule has 1 unspecified atom stereocenters. The number of esters is 2. The fourth-order valence-corrected chi connectivity index (χ4v) is 6.35. The number of carbonyl (C=O) groups is 4. The summed E-state index contributed by atoms with van der Waals surface area (Å²) < 4.78 is 27.7. The summed E-state index contributed by atoms with van der Waals surface area (Å²) in [7, 11) is 0.983. The third kappa shape index (κ3) is 14.7. The van der Waals surface area contributed by atoms with Gasteiger partial charge in [-0.05, 0) is 138 Å². The van der Waals surface area contributed by atoms with Gasteiger partial charge in [-0.25, -0.2) is 4.79 Å². The molecule has 0 spiro atoms. The molecule has 12 nitrogen and oxygen atoms in total. The molecule has 0 amide bonds. The van der Waals surface area contributed by atoms with Gasteiger partial charge in [0.05, 0.1) is 40.5 Å². The first kappa shape index (κ1) is 53.0. The molecule has 1 atom stereocenters. The minimum Gasteiger partial charge on any atom is -0.469 e. The Morgan fingerprint density at radius 3 is 2.13 bits per heavy atom. The average molecular weight is 964 g/mol. The van der Waals surface area contributed by atoms with E-state index >= 15 is 0 Å². The Kier molecular flexibility index (Phi) is 19.8. The molecule has 6 rings (SSSR count). The van der Waals surface area contributed by atoms with Crippen LogP contribution >= 0.6 is 51.5 Å². The second-order valence-electron chi connectivity index (χ2n) is 15.6. The van der Waals surface area contributed by atoms with Gasteiger partial charge in [0.15, 0.2) is 12.0 Å². The second-order valence-corrected chi connectivity index (χ2v) is 17.3. The molecule has 17 heteroatoms. The smallest absolute Gasteiger partial charge is 0.469 e. The number of methoxy groups -OCH3 is 1. The van der Waals surface area contributed by atoms with Crippen LogP contribution in [0.25, 0.3) is 10.9 Å². The predicted octanol–water partition coefficient (Wildman–Crippen LogP) is 9.92. The maximum absolute atomic E-state index is 11.7. The molecule has 4 heterocycles. The molecule has 0 saturated carbocycles. The number of ether oxygens (including phenoxy) is 2. The van der Waals surface area contributed by atoms with Gasteiger partial charge in [-0.2, -0.15) is 0 Å². The van der Waals surface area contributed by atoms with E-state index < -0.39 is 23.9 Å². The largest absolute Gasteiger partial charge is 0.494 e. The van der Waals surface area contributed by atoms with Crippen LogP contribution < -0.4 is 11.2 Å². The third-order valence-electron chi connectivity index (χ3n) is 9.49. The number of aromatic nitrogens is 2. The number of pyridine rings is 2. The lowest BCUT2D eigenvalue weighted by molar-refractivity contribution is -0.142. The number of benzene rings is 2. The molecule has 328 valence electrons. The van der Waals surface area contributed by atoms with E-state index in [9.17, 15) is 19.2 Å². The van der Waals surface area contributed by atoms with Gasteiger partial charge >= 0.3 is 19.1 Å². The fraction of sp³-hybridized carbons (Fsp3) is 0.364. The summed E-state index contributed by atoms with van der Waals surface area (Å²) in [5, 5.41) is 1.01. The van der Waals surface area contributed by atoms with Gasteiger partial charge in [0.25, 0.3) is 5.24 Å². The van der Waals surface area contributed by atoms with Gasteiger partial charge in [0.1, 0.15) is 5.60 Å². The average Bonchev–Trinajstić information content (AvgIpc) is 3.75. The van der Waals surface area contributed by atoms with E-state index in [4.69, 9.17) is 52.1 Å². The maximum atomic E-state index is 11.7. The topological polar surface area (TPSA) is 170 Å². The van der Waals surface area contributed by atoms with Crippen LogP contribution in [-0.4, -0.2) is 64.5 Å². The zero-order valence-electron chi connectivity index (χ0n) is 36.1. The minimum absolute atomic E-state index is 0. The number of carbonyl (C=O) groups excluding carboxylic acids is 4. The summed E-state index contributed by atoms with van der Waals surface area (Å²) in [6.45, 7) is 19.3. The standard InChI is InChI=1S/C16H23BO4.C12H10ClNO.C10H12O4.C6H6BrClN2.ClH/c1-11(14(18)19-6)12-8-7-9-13(10-12)17-20-15(2,3)16(4,5)21-17;1-7-8(2)14-10-6-4-3-5-9(10)11(7)12(13)15;1-10(2,3)14-9(12)8-5-4-7(6-11)13-8;7-4-1-5(8)6(2-9)10-3-4;/h7-11H,1-6H3;3-6H,1-2H3;4-6H,1-3H3;1,3H,2,9H2;1H. The van der Waals surface area contributed by atoms with E-state index in [1.165, 1.54) is 19.2 Å². The number of hydrogen-bond acceptors (Lipinski definition) is 12. The Morgan fingerprint density at radius 1 is 0.984 bits per heavy atom. The Morgan fingerprint density at radius 2 is 1.61 bits per heavy atom. The van der Waals surface area contributed by atoms with Crippen molar-refractivity contribution < 1.29 is 42.4 Å². The molecular weight excluding hydrogens is 912 g/mol. The van der Waals surface area contributed by atoms with Crippen molar-refractivity contribution in [1.82, 2.24) is 9.97 Å². The molecule has 1 aliphatic rings. The van der Waals surface area contributed by atoms with E-state index in [0.29, 0.717) is 23.4 Å². The third-order valence-corrected chi connectivity index (χ3v) is 10.4. The summed E-state index contributed by atoms with van der Waals surface area (Å²) in [5.41, 5.74) is 9.65. The Balaban J connectivity index is 0.000000288. The summed E-state index contributed by atoms with van der Waals surface area (Å²) >= 11 is 14.6. The second kappa shape index (κ2) is 22.8. The van der Waals surface area contributed by atoms with E-state index in [1.807, 2.05) is 97.0 Å². The lowest BCUT2D eigenvalue weighted by Gasteiger charge is -2.32. The first-order valence-electron chi connectivity index (χ1n) is 18.8. The molecule has 61 heavy (non-hydrogen) atoms. The quantitative estimate of drug-likeness (QED) is 0.0710. The van der Waals surface area contributed by atoms with Crippen molar-refractivity contribution in [2.24, 2.45) is 5.73 Å². The number of furan rings is 1. The van der Waals surface area contributed by atoms with Crippen LogP contribution in [0.15, 0.2) is 81.8 Å². The van der Waals surface area contributed by atoms with Crippen LogP contribution in [-0.2, 0) is 30.1 Å². The summed E-state index contributed by atoms with van der Waals surface area (Å²) in [6, 6.07) is 19.9. The summed E-state index contributed by atoms with van der Waals surface area (Å²) in [6.07, 6.45) is 2.21. The van der Waals surface area contributed by atoms with E-state index in [2.05, 4.69) is 25.9 Å². The molecule has 0 radical (unpaired) electrons. The van der Waals surface area contributed by atoms with Gasteiger partial charge in [0, 0.05) is 33.9 Å². The number of aryl methyl sites for hydroxylation is 1. The zero-order chi connectivity index (χ0) is 45.2. The monoisotopic (exact) mass is 961 g/mol. The van der Waals surface area contributed by atoms with Crippen molar-refractivity contribution >= 4 is 98.5 Å². The fourth-order valence-electron chi connectivity index (χ4n) is 5.40. The number of hydrogen-bond donors (Lipinski definition) is 1. The number of rotatable bonds is 7. The van der Waals surface area contributed by atoms with E-state index in [0.717, 1.165) is 43.4 Å². The number of aldehydes is 1. The number of nitrogens with two attached hydrogens (primary N) is 1. The van der Waals surface area contributed by atoms with Crippen LogP contribution in [0.2, 0.25) is 5.02 Å². The number of para-hydroxylation sites is 1. The zero-order valence-corrected chi connectivity index (χ0v) is 40.0. The van der Waals surface area contributed by atoms with Gasteiger partial charge in [-0.15, -0.1) is 12.4 Å². The van der Waals surface area contributed by atoms with Crippen molar-refractivity contribution in [3.63, 3.8) is 0 Å². The predicted molar refractivity (Wildman–Crippen MR) is 245 cm³/mol. The molecule has 1 aliphatic heterocycles. The highest BCUT2D eigenvalue weighted by molar-refractivity contribution is 9.10. The molecule has 0 bridgehead atoms. The number of nitrogens with zero attached hydrogens (tertiary/aromatic N) is 2. The minimum atomic E-state index is -0.564. The summed E-state index contributed by atoms with van der Waals surface area (Å²) in [4.78, 5) is 53.1.